The number of hydrogen-bond donors (Lipinski definition) is 7. The number of carbonyl (C=O) groups excluding carboxylic acids is 1. The number of nitrogens with one attached hydrogen (secondary N) is 1. The number of fused-ring (bicyclic) bond motifs is 1. The first-order valence-electron chi connectivity index (χ1n) is 21.0. The number of hydrogen-bond acceptors (Lipinski definition) is 26. The highest BCUT2D eigenvalue weighted by atomic mass is 35.5. The molecule has 0 aliphatic rings. The molecule has 78 heavy (non-hydrogen) atoms. The second kappa shape index (κ2) is 24.8. The Morgan fingerprint density at radius 3 is 1.72 bits per heavy atom. The molecule has 0 saturated carbocycles. The van der Waals surface area contributed by atoms with Crippen molar-refractivity contribution >= 4 is 144 Å². The van der Waals surface area contributed by atoms with E-state index in [1.807, 2.05) is 0 Å². The minimum absolute atomic E-state index is 0.0441. The molecule has 0 spiro atoms. The number of methoxy groups -OCH3 is 1. The lowest BCUT2D eigenvalue weighted by molar-refractivity contribution is -0.116. The van der Waals surface area contributed by atoms with Gasteiger partial charge >= 0.3 is 20.8 Å². The number of rotatable bonds is 26. The van der Waals surface area contributed by atoms with Crippen LogP contribution in [0.15, 0.2) is 123 Å². The molecule has 0 aliphatic carbocycles. The highest BCUT2D eigenvalue weighted by molar-refractivity contribution is 7.92. The summed E-state index contributed by atoms with van der Waals surface area (Å²) in [5.41, 5.74) is 2.28. The number of nitrogens with zero attached hydrogens (tertiary/aromatic N) is 6. The number of amides is 1. The molecule has 0 atom stereocenters. The van der Waals surface area contributed by atoms with E-state index >= 15 is 0 Å². The number of ether oxygens (including phenoxy) is 1. The van der Waals surface area contributed by atoms with Crippen LogP contribution in [0.2, 0.25) is 0 Å². The standard InChI is InChI=1S/C39H41ClN8O23S7/c1-69-32-21-31(34(75(57,58)59)22-29(32)44-43-23-4-7-25(8-5-23)73(53,54)17-13-70-77(63,64)65)46-48-38-35(76(60,61)62)20-27-26(39(38)50)9-10-28(41)37(27)47-45-30-19-24(42-36(49)3-2-15-72(51,52)16-12-40)6-11-33(30)74(55,56)18-14-71-78(66,67)68/h4-11,19-22,50H,2-3,12-18,41H2,1H3,(H,42,49)(H,57,58,59)(H,60,61,62)(H,63,64,65)(H,66,67,68)/b44-43+,47-45+,48-46+. The molecule has 424 valence electrons. The molecule has 0 fully saturated rings. The highest BCUT2D eigenvalue weighted by Crippen LogP contribution is 2.47. The summed E-state index contributed by atoms with van der Waals surface area (Å²) in [6.45, 7) is -2.00. The summed E-state index contributed by atoms with van der Waals surface area (Å²) in [6, 6.07) is 11.7. The maximum Gasteiger partial charge on any atom is 0.397 e. The van der Waals surface area contributed by atoms with Gasteiger partial charge in [0.1, 0.15) is 44.0 Å². The van der Waals surface area contributed by atoms with Gasteiger partial charge in [0.15, 0.2) is 35.3 Å². The Morgan fingerprint density at radius 1 is 0.590 bits per heavy atom. The van der Waals surface area contributed by atoms with Gasteiger partial charge in [-0.3, -0.25) is 23.0 Å². The van der Waals surface area contributed by atoms with Gasteiger partial charge in [0.2, 0.25) is 5.91 Å². The zero-order valence-electron chi connectivity index (χ0n) is 39.4. The smallest absolute Gasteiger partial charge is 0.397 e. The number of phenolic OH excluding ortho intramolecular Hbond substituents is 1. The van der Waals surface area contributed by atoms with Gasteiger partial charge in [-0.15, -0.1) is 37.2 Å². The topological polar surface area (TPSA) is 497 Å². The van der Waals surface area contributed by atoms with Gasteiger partial charge in [-0.25, -0.2) is 33.6 Å². The van der Waals surface area contributed by atoms with Crippen LogP contribution in [0.4, 0.5) is 45.5 Å². The predicted octanol–water partition coefficient (Wildman–Crippen LogP) is 5.43. The molecule has 5 aromatic carbocycles. The number of sulfone groups is 3. The van der Waals surface area contributed by atoms with Crippen LogP contribution in [0, 0.1) is 0 Å². The van der Waals surface area contributed by atoms with Crippen LogP contribution in [0.25, 0.3) is 10.8 Å². The van der Waals surface area contributed by atoms with E-state index in [1.54, 1.807) is 0 Å². The van der Waals surface area contributed by atoms with Crippen molar-refractivity contribution < 1.29 is 100 Å². The number of azo groups is 3. The summed E-state index contributed by atoms with van der Waals surface area (Å²) in [7, 11) is -32.1. The van der Waals surface area contributed by atoms with Gasteiger partial charge in [-0.2, -0.15) is 38.8 Å². The normalized spacial score (nSPS) is 13.3. The predicted molar refractivity (Wildman–Crippen MR) is 274 cm³/mol. The molecule has 39 heteroatoms. The second-order valence-electron chi connectivity index (χ2n) is 15.5. The van der Waals surface area contributed by atoms with E-state index in [0.717, 1.165) is 67.8 Å². The highest BCUT2D eigenvalue weighted by Gasteiger charge is 2.27. The van der Waals surface area contributed by atoms with E-state index in [2.05, 4.69) is 44.4 Å². The Labute approximate surface area is 449 Å². The van der Waals surface area contributed by atoms with Crippen LogP contribution in [-0.4, -0.2) is 137 Å². The van der Waals surface area contributed by atoms with Crippen molar-refractivity contribution in [3.05, 3.63) is 72.8 Å². The number of aromatic hydroxyl groups is 1. The maximum absolute atomic E-state index is 13.5. The number of phenols is 1. The third kappa shape index (κ3) is 17.4. The third-order valence-electron chi connectivity index (χ3n) is 10.0. The summed E-state index contributed by atoms with van der Waals surface area (Å²) in [4.78, 5) is 9.47. The molecule has 1 amide bonds. The minimum atomic E-state index is -5.49. The van der Waals surface area contributed by atoms with Crippen molar-refractivity contribution in [3.8, 4) is 11.5 Å². The number of nitrogens with two attached hydrogens (primary N) is 1. The summed E-state index contributed by atoms with van der Waals surface area (Å²) >= 11 is 5.51. The molecule has 5 aromatic rings. The fraction of sp³-hybridized carbons (Fsp3) is 0.256. The molecule has 0 radical (unpaired) electrons. The molecule has 0 unspecified atom stereocenters. The number of benzene rings is 5. The summed E-state index contributed by atoms with van der Waals surface area (Å²) < 4.78 is 223. The molecular formula is C39H41ClN8O23S7. The third-order valence-corrected chi connectivity index (χ3v) is 18.3. The fourth-order valence-electron chi connectivity index (χ4n) is 6.49. The molecule has 0 saturated heterocycles. The lowest BCUT2D eigenvalue weighted by Gasteiger charge is -2.13. The molecule has 0 aromatic heterocycles. The fourth-order valence-corrected chi connectivity index (χ4v) is 12.6. The van der Waals surface area contributed by atoms with E-state index in [0.29, 0.717) is 12.1 Å². The minimum Gasteiger partial charge on any atom is -0.505 e. The van der Waals surface area contributed by atoms with Crippen LogP contribution < -0.4 is 15.8 Å². The summed E-state index contributed by atoms with van der Waals surface area (Å²) in [6.07, 6.45) is -0.464. The second-order valence-corrected chi connectivity index (χ2v) is 27.3. The molecule has 8 N–H and O–H groups in total. The van der Waals surface area contributed by atoms with E-state index in [4.69, 9.17) is 31.2 Å². The molecule has 0 heterocycles. The largest absolute Gasteiger partial charge is 0.505 e. The Morgan fingerprint density at radius 2 is 1.15 bits per heavy atom. The van der Waals surface area contributed by atoms with Gasteiger partial charge in [-0.1, -0.05) is 0 Å². The van der Waals surface area contributed by atoms with Crippen LogP contribution >= 0.6 is 11.6 Å². The quantitative estimate of drug-likeness (QED) is 0.0157. The van der Waals surface area contributed by atoms with E-state index in [9.17, 15) is 77.9 Å². The van der Waals surface area contributed by atoms with E-state index in [1.165, 1.54) is 0 Å². The first-order chi connectivity index (χ1) is 36.0. The average Bonchev–Trinajstić information content (AvgIpc) is 3.31. The Hall–Kier alpha value is -6.27. The van der Waals surface area contributed by atoms with Crippen molar-refractivity contribution in [1.82, 2.24) is 0 Å². The van der Waals surface area contributed by atoms with Crippen molar-refractivity contribution in [2.75, 3.05) is 60.3 Å². The first-order valence-corrected chi connectivity index (χ1v) is 32.3. The van der Waals surface area contributed by atoms with Gasteiger partial charge < -0.3 is 20.9 Å². The number of anilines is 2. The Balaban J connectivity index is 1.56. The van der Waals surface area contributed by atoms with Crippen molar-refractivity contribution in [2.24, 2.45) is 30.7 Å². The number of carbonyl (C=O) groups is 1. The zero-order valence-corrected chi connectivity index (χ0v) is 45.8. The molecule has 0 bridgehead atoms. The molecule has 0 aliphatic heterocycles. The Kier molecular flexibility index (Phi) is 19.9. The van der Waals surface area contributed by atoms with Crippen LogP contribution in [-0.2, 0) is 83.7 Å². The SMILES string of the molecule is COc1cc(/N=N/c2c(S(=O)(=O)O)cc3c(/N=N/c4cc(NC(=O)CCCS(=O)(=O)CCCl)ccc4S(=O)(=O)CCOS(=O)(=O)O)c(N)ccc3c2O)c(S(=O)(=O)O)cc1/N=N/c1ccc(S(=O)(=O)CCOS(=O)(=O)O)cc1. The summed E-state index contributed by atoms with van der Waals surface area (Å²) in [5, 5.41) is 36.2. The van der Waals surface area contributed by atoms with Gasteiger partial charge in [0, 0.05) is 34.8 Å². The molecule has 31 nitrogen and oxygen atoms in total. The Bertz CT molecular complexity index is 4070. The number of nitrogen functional groups attached to an aromatic ring is 1. The van der Waals surface area contributed by atoms with Crippen LogP contribution in [0.3, 0.4) is 0 Å². The number of alkyl halides is 1. The van der Waals surface area contributed by atoms with E-state index in [-0.39, 0.29) is 63.3 Å². The monoisotopic (exact) mass is 1250 g/mol. The maximum atomic E-state index is 13.5. The summed E-state index contributed by atoms with van der Waals surface area (Å²) in [5.74, 6) is -5.00. The van der Waals surface area contributed by atoms with Crippen LogP contribution in [0.1, 0.15) is 12.8 Å². The lowest BCUT2D eigenvalue weighted by Crippen LogP contribution is -2.17. The average molecular weight is 1250 g/mol. The van der Waals surface area contributed by atoms with Gasteiger partial charge in [0.05, 0.1) is 64.5 Å². The first kappa shape index (κ1) is 62.6. The van der Waals surface area contributed by atoms with Gasteiger partial charge in [0.25, 0.3) is 20.2 Å². The molecule has 5 rings (SSSR count). The zero-order chi connectivity index (χ0) is 58.2. The van der Waals surface area contributed by atoms with Crippen molar-refractivity contribution in [1.29, 1.82) is 0 Å². The lowest BCUT2D eigenvalue weighted by atomic mass is 10.1. The van der Waals surface area contributed by atoms with Crippen molar-refractivity contribution in [2.45, 2.75) is 32.4 Å². The van der Waals surface area contributed by atoms with Crippen LogP contribution in [0.5, 0.6) is 11.5 Å². The van der Waals surface area contributed by atoms with E-state index < -0.39 is 155 Å². The van der Waals surface area contributed by atoms with Crippen molar-refractivity contribution in [3.63, 3.8) is 0 Å². The molecular weight excluding hydrogens is 1210 g/mol. The van der Waals surface area contributed by atoms with Gasteiger partial charge in [-0.05, 0) is 73.2 Å². The number of halogens is 1.